The molecular weight excluding hydrogens is 355 g/mol. The smallest absolute Gasteiger partial charge is 0.497 e. The quantitative estimate of drug-likeness (QED) is 0.586. The summed E-state index contributed by atoms with van der Waals surface area (Å²) in [5.74, 6) is 0.468. The monoisotopic (exact) mass is 382 g/mol. The van der Waals surface area contributed by atoms with Gasteiger partial charge in [0.05, 0.1) is 31.8 Å². The van der Waals surface area contributed by atoms with Crippen LogP contribution in [0.15, 0.2) is 42.5 Å². The molecule has 0 spiro atoms. The van der Waals surface area contributed by atoms with Gasteiger partial charge in [-0.1, -0.05) is 36.4 Å². The normalized spacial score (nSPS) is 17.4. The van der Waals surface area contributed by atoms with E-state index in [4.69, 9.17) is 18.8 Å². The van der Waals surface area contributed by atoms with Crippen LogP contribution in [0.3, 0.4) is 0 Å². The van der Waals surface area contributed by atoms with Crippen LogP contribution in [0.1, 0.15) is 33.3 Å². The molecule has 1 heterocycles. The third kappa shape index (κ3) is 3.93. The van der Waals surface area contributed by atoms with Crippen LogP contribution in [0.5, 0.6) is 5.75 Å². The highest BCUT2D eigenvalue weighted by atomic mass is 16.7. The van der Waals surface area contributed by atoms with Gasteiger partial charge in [0.1, 0.15) is 5.75 Å². The molecule has 1 fully saturated rings. The molecule has 148 valence electrons. The van der Waals surface area contributed by atoms with Crippen molar-refractivity contribution in [2.24, 2.45) is 0 Å². The van der Waals surface area contributed by atoms with Crippen LogP contribution in [0.25, 0.3) is 11.1 Å². The Kier molecular flexibility index (Phi) is 5.55. The highest BCUT2D eigenvalue weighted by molar-refractivity contribution is 6.63. The van der Waals surface area contributed by atoms with Crippen molar-refractivity contribution in [3.8, 4) is 16.9 Å². The molecule has 0 radical (unpaired) electrons. The minimum atomic E-state index is -0.476. The summed E-state index contributed by atoms with van der Waals surface area (Å²) in [6.07, 6.45) is 0.265. The van der Waals surface area contributed by atoms with Gasteiger partial charge in [-0.3, -0.25) is 4.79 Å². The fraction of sp³-hybridized carbons (Fsp3) is 0.409. The second-order valence-corrected chi connectivity index (χ2v) is 7.99. The van der Waals surface area contributed by atoms with E-state index in [1.807, 2.05) is 70.2 Å². The lowest BCUT2D eigenvalue weighted by atomic mass is 9.77. The molecule has 0 aromatic heterocycles. The third-order valence-corrected chi connectivity index (χ3v) is 5.60. The van der Waals surface area contributed by atoms with Crippen molar-refractivity contribution >= 4 is 18.6 Å². The molecule has 0 saturated carbocycles. The number of benzene rings is 2. The summed E-state index contributed by atoms with van der Waals surface area (Å²) < 4.78 is 22.6. The zero-order valence-electron chi connectivity index (χ0n) is 17.4. The van der Waals surface area contributed by atoms with E-state index < -0.39 is 18.3 Å². The van der Waals surface area contributed by atoms with Crippen molar-refractivity contribution in [3.63, 3.8) is 0 Å². The molecule has 5 nitrogen and oxygen atoms in total. The number of methoxy groups -OCH3 is 2. The van der Waals surface area contributed by atoms with Crippen molar-refractivity contribution in [1.29, 1.82) is 0 Å². The first-order chi connectivity index (χ1) is 13.2. The van der Waals surface area contributed by atoms with E-state index in [2.05, 4.69) is 0 Å². The van der Waals surface area contributed by atoms with Crippen molar-refractivity contribution in [3.05, 3.63) is 48.0 Å². The summed E-state index contributed by atoms with van der Waals surface area (Å²) >= 11 is 0. The second kappa shape index (κ2) is 7.61. The predicted molar refractivity (Wildman–Crippen MR) is 110 cm³/mol. The van der Waals surface area contributed by atoms with Crippen LogP contribution in [0.4, 0.5) is 0 Å². The molecule has 2 aromatic carbocycles. The van der Waals surface area contributed by atoms with Gasteiger partial charge in [0.25, 0.3) is 0 Å². The molecule has 6 heteroatoms. The molecule has 1 saturated heterocycles. The highest BCUT2D eigenvalue weighted by Gasteiger charge is 2.52. The van der Waals surface area contributed by atoms with Crippen LogP contribution >= 0.6 is 0 Å². The summed E-state index contributed by atoms with van der Waals surface area (Å²) in [5.41, 5.74) is 3.02. The molecule has 1 aliphatic rings. The van der Waals surface area contributed by atoms with Crippen LogP contribution in [-0.2, 0) is 25.3 Å². The number of carbonyl (C=O) groups is 1. The summed E-state index contributed by atoms with van der Waals surface area (Å²) in [6, 6.07) is 13.8. The average Bonchev–Trinajstić information content (AvgIpc) is 2.89. The van der Waals surface area contributed by atoms with Crippen molar-refractivity contribution in [1.82, 2.24) is 0 Å². The Balaban J connectivity index is 1.85. The number of hydrogen-bond acceptors (Lipinski definition) is 5. The van der Waals surface area contributed by atoms with Crippen molar-refractivity contribution in [2.75, 3.05) is 14.2 Å². The van der Waals surface area contributed by atoms with E-state index in [1.54, 1.807) is 7.11 Å². The van der Waals surface area contributed by atoms with Crippen LogP contribution in [0, 0.1) is 0 Å². The lowest BCUT2D eigenvalue weighted by Gasteiger charge is -2.32. The summed E-state index contributed by atoms with van der Waals surface area (Å²) in [4.78, 5) is 11.4. The van der Waals surface area contributed by atoms with Gasteiger partial charge < -0.3 is 18.8 Å². The van der Waals surface area contributed by atoms with Gasteiger partial charge in [-0.25, -0.2) is 0 Å². The van der Waals surface area contributed by atoms with Gasteiger partial charge in [0.2, 0.25) is 0 Å². The van der Waals surface area contributed by atoms with Gasteiger partial charge in [-0.2, -0.15) is 0 Å². The Hall–Kier alpha value is -2.31. The Labute approximate surface area is 167 Å². The minimum Gasteiger partial charge on any atom is -0.497 e. The number of carbonyl (C=O) groups excluding carboxylic acids is 1. The lowest BCUT2D eigenvalue weighted by Crippen LogP contribution is -2.41. The molecule has 3 rings (SSSR count). The number of ether oxygens (including phenoxy) is 2. The third-order valence-electron chi connectivity index (χ3n) is 5.60. The molecule has 28 heavy (non-hydrogen) atoms. The Morgan fingerprint density at radius 1 is 0.929 bits per heavy atom. The fourth-order valence-corrected chi connectivity index (χ4v) is 3.11. The Morgan fingerprint density at radius 3 is 2.04 bits per heavy atom. The number of hydrogen-bond donors (Lipinski definition) is 0. The summed E-state index contributed by atoms with van der Waals surface area (Å²) in [5, 5.41) is 0. The summed E-state index contributed by atoms with van der Waals surface area (Å²) in [6.45, 7) is 8.13. The van der Waals surface area contributed by atoms with Crippen molar-refractivity contribution < 1.29 is 23.6 Å². The van der Waals surface area contributed by atoms with Gasteiger partial charge in [0, 0.05) is 5.46 Å². The Morgan fingerprint density at radius 2 is 1.50 bits per heavy atom. The van der Waals surface area contributed by atoms with Crippen LogP contribution < -0.4 is 10.2 Å². The SMILES string of the molecule is COC(=O)Cc1ccc(-c2ccc(B3OC(C)(C)C(C)(C)O3)c(OC)c2)cc1. The maximum atomic E-state index is 11.4. The van der Waals surface area contributed by atoms with E-state index in [0.29, 0.717) is 0 Å². The first kappa shape index (κ1) is 20.4. The molecule has 0 aliphatic carbocycles. The van der Waals surface area contributed by atoms with Crippen LogP contribution in [0.2, 0.25) is 0 Å². The topological polar surface area (TPSA) is 54.0 Å². The highest BCUT2D eigenvalue weighted by Crippen LogP contribution is 2.37. The number of esters is 1. The molecule has 0 unspecified atom stereocenters. The average molecular weight is 382 g/mol. The maximum Gasteiger partial charge on any atom is 0.498 e. The fourth-order valence-electron chi connectivity index (χ4n) is 3.11. The molecule has 0 N–H and O–H groups in total. The number of rotatable bonds is 5. The van der Waals surface area contributed by atoms with Gasteiger partial charge in [-0.05, 0) is 50.5 Å². The molecule has 0 atom stereocenters. The van der Waals surface area contributed by atoms with E-state index in [-0.39, 0.29) is 12.4 Å². The first-order valence-electron chi connectivity index (χ1n) is 9.36. The molecular formula is C22H27BO5. The predicted octanol–water partition coefficient (Wildman–Crippen LogP) is 3.38. The molecule has 0 bridgehead atoms. The van der Waals surface area contributed by atoms with E-state index >= 15 is 0 Å². The van der Waals surface area contributed by atoms with Gasteiger partial charge in [0.15, 0.2) is 0 Å². The van der Waals surface area contributed by atoms with Crippen molar-refractivity contribution in [2.45, 2.75) is 45.3 Å². The summed E-state index contributed by atoms with van der Waals surface area (Å²) in [7, 11) is 2.56. The van der Waals surface area contributed by atoms with E-state index in [1.165, 1.54) is 7.11 Å². The Bertz CT molecular complexity index is 842. The zero-order chi connectivity index (χ0) is 20.5. The minimum absolute atomic E-state index is 0.249. The van der Waals surface area contributed by atoms with Gasteiger partial charge in [-0.15, -0.1) is 0 Å². The first-order valence-corrected chi connectivity index (χ1v) is 9.36. The zero-order valence-corrected chi connectivity index (χ0v) is 17.4. The van der Waals surface area contributed by atoms with E-state index in [9.17, 15) is 4.79 Å². The molecule has 2 aromatic rings. The van der Waals surface area contributed by atoms with Crippen LogP contribution in [-0.4, -0.2) is 38.5 Å². The maximum absolute atomic E-state index is 11.4. The lowest BCUT2D eigenvalue weighted by molar-refractivity contribution is -0.139. The van der Waals surface area contributed by atoms with E-state index in [0.717, 1.165) is 27.9 Å². The largest absolute Gasteiger partial charge is 0.498 e. The van der Waals surface area contributed by atoms with Gasteiger partial charge >= 0.3 is 13.1 Å². The standard InChI is InChI=1S/C22H27BO5/c1-21(2)22(3,4)28-23(27-21)18-12-11-17(14-19(18)25-5)16-9-7-15(8-10-16)13-20(24)26-6/h7-12,14H,13H2,1-6H3. The second-order valence-electron chi connectivity index (χ2n) is 7.99. The molecule has 0 amide bonds. The molecule has 1 aliphatic heterocycles.